The first-order chi connectivity index (χ1) is 10.5. The molecular weight excluding hydrogens is 292 g/mol. The predicted octanol–water partition coefficient (Wildman–Crippen LogP) is 3.43. The lowest BCUT2D eigenvalue weighted by molar-refractivity contribution is 0.0102. The minimum Gasteiger partial charge on any atom is -0.491 e. The van der Waals surface area contributed by atoms with Gasteiger partial charge in [-0.15, -0.1) is 5.46 Å². The van der Waals surface area contributed by atoms with Crippen LogP contribution in [0.5, 0.6) is 5.75 Å². The fourth-order valence-corrected chi connectivity index (χ4v) is 2.57. The molecule has 1 atom stereocenters. The van der Waals surface area contributed by atoms with Crippen molar-refractivity contribution in [1.29, 1.82) is 0 Å². The molecule has 6 heteroatoms. The minimum atomic E-state index is -4.96. The summed E-state index contributed by atoms with van der Waals surface area (Å²) in [7, 11) is 0. The second-order valence-corrected chi connectivity index (χ2v) is 5.26. The quantitative estimate of drug-likeness (QED) is 0.806. The number of rotatable bonds is 4. The normalized spacial score (nSPS) is 17.9. The summed E-state index contributed by atoms with van der Waals surface area (Å²) in [6.07, 6.45) is 0.686. The van der Waals surface area contributed by atoms with Crippen molar-refractivity contribution in [3.8, 4) is 5.75 Å². The van der Waals surface area contributed by atoms with E-state index in [0.29, 0.717) is 12.4 Å². The molecule has 0 amide bonds. The lowest BCUT2D eigenvalue weighted by Crippen LogP contribution is -2.33. The molecule has 0 saturated heterocycles. The van der Waals surface area contributed by atoms with Gasteiger partial charge in [0, 0.05) is 0 Å². The Morgan fingerprint density at radius 2 is 1.77 bits per heavy atom. The SMILES string of the molecule is F[B-](F)(F)c1ccc(OCC2OCCc3ccccc32)cc1. The first-order valence-electron chi connectivity index (χ1n) is 7.16. The van der Waals surface area contributed by atoms with E-state index in [9.17, 15) is 12.9 Å². The molecule has 1 unspecified atom stereocenters. The first kappa shape index (κ1) is 15.0. The Labute approximate surface area is 126 Å². The second kappa shape index (κ2) is 6.05. The maximum Gasteiger partial charge on any atom is 0.509 e. The smallest absolute Gasteiger partial charge is 0.491 e. The van der Waals surface area contributed by atoms with Crippen LogP contribution in [0.15, 0.2) is 48.5 Å². The van der Waals surface area contributed by atoms with Crippen molar-refractivity contribution in [3.05, 3.63) is 59.7 Å². The molecular formula is C16H15BF3O2-. The monoisotopic (exact) mass is 307 g/mol. The van der Waals surface area contributed by atoms with Crippen LogP contribution in [0.25, 0.3) is 0 Å². The van der Waals surface area contributed by atoms with Crippen LogP contribution in [-0.4, -0.2) is 20.2 Å². The van der Waals surface area contributed by atoms with Gasteiger partial charge in [-0.25, -0.2) is 0 Å². The van der Waals surface area contributed by atoms with E-state index in [1.807, 2.05) is 18.2 Å². The highest BCUT2D eigenvalue weighted by Crippen LogP contribution is 2.27. The van der Waals surface area contributed by atoms with Crippen molar-refractivity contribution < 1.29 is 22.4 Å². The van der Waals surface area contributed by atoms with Gasteiger partial charge in [-0.3, -0.25) is 0 Å². The average Bonchev–Trinajstić information content (AvgIpc) is 2.52. The summed E-state index contributed by atoms with van der Waals surface area (Å²) in [4.78, 5) is 0. The highest BCUT2D eigenvalue weighted by atomic mass is 19.4. The van der Waals surface area contributed by atoms with Crippen LogP contribution in [0.4, 0.5) is 12.9 Å². The summed E-state index contributed by atoms with van der Waals surface area (Å²) in [5, 5.41) is 0. The zero-order valence-electron chi connectivity index (χ0n) is 11.8. The van der Waals surface area contributed by atoms with Gasteiger partial charge < -0.3 is 22.4 Å². The molecule has 0 spiro atoms. The topological polar surface area (TPSA) is 18.5 Å². The summed E-state index contributed by atoms with van der Waals surface area (Å²) < 4.78 is 49.0. The van der Waals surface area contributed by atoms with Crippen LogP contribution in [0.2, 0.25) is 0 Å². The van der Waals surface area contributed by atoms with Crippen LogP contribution in [0.1, 0.15) is 17.2 Å². The minimum absolute atomic E-state index is 0.184. The number of hydrogen-bond donors (Lipinski definition) is 0. The summed E-state index contributed by atoms with van der Waals surface area (Å²) in [5.41, 5.74) is 1.70. The van der Waals surface area contributed by atoms with E-state index in [-0.39, 0.29) is 12.7 Å². The molecule has 0 fully saturated rings. The summed E-state index contributed by atoms with van der Waals surface area (Å²) >= 11 is 0. The van der Waals surface area contributed by atoms with E-state index in [0.717, 1.165) is 24.1 Å². The van der Waals surface area contributed by atoms with Gasteiger partial charge in [0.2, 0.25) is 0 Å². The largest absolute Gasteiger partial charge is 0.509 e. The van der Waals surface area contributed by atoms with E-state index in [1.165, 1.54) is 17.7 Å². The van der Waals surface area contributed by atoms with Crippen LogP contribution in [0.3, 0.4) is 0 Å². The number of ether oxygens (including phenoxy) is 2. The zero-order chi connectivity index (χ0) is 15.6. The Hall–Kier alpha value is -1.95. The van der Waals surface area contributed by atoms with Crippen molar-refractivity contribution in [2.45, 2.75) is 12.5 Å². The fourth-order valence-electron chi connectivity index (χ4n) is 2.57. The first-order valence-corrected chi connectivity index (χ1v) is 7.16. The third-order valence-corrected chi connectivity index (χ3v) is 3.75. The van der Waals surface area contributed by atoms with Crippen molar-refractivity contribution in [2.75, 3.05) is 13.2 Å². The van der Waals surface area contributed by atoms with Gasteiger partial charge in [0.05, 0.1) is 6.61 Å². The molecule has 22 heavy (non-hydrogen) atoms. The Bertz CT molecular complexity index is 641. The molecule has 0 saturated carbocycles. The molecule has 116 valence electrons. The molecule has 0 radical (unpaired) electrons. The molecule has 1 aliphatic heterocycles. The Morgan fingerprint density at radius 3 is 2.50 bits per heavy atom. The second-order valence-electron chi connectivity index (χ2n) is 5.26. The van der Waals surface area contributed by atoms with E-state index < -0.39 is 12.4 Å². The molecule has 0 aliphatic carbocycles. The van der Waals surface area contributed by atoms with Gasteiger partial charge in [0.15, 0.2) is 0 Å². The van der Waals surface area contributed by atoms with Crippen molar-refractivity contribution >= 4 is 12.4 Å². The van der Waals surface area contributed by atoms with Gasteiger partial charge in [0.1, 0.15) is 18.5 Å². The summed E-state index contributed by atoms with van der Waals surface area (Å²) in [6.45, 7) is -4.05. The molecule has 2 aromatic rings. The van der Waals surface area contributed by atoms with Crippen LogP contribution in [0, 0.1) is 0 Å². The standard InChI is InChI=1S/C16H15BF3O2/c18-17(19,20)13-5-7-14(8-6-13)22-11-16-15-4-2-1-3-12(15)9-10-21-16/h1-8,16H,9-11H2/q-1. The van der Waals surface area contributed by atoms with E-state index >= 15 is 0 Å². The third kappa shape index (κ3) is 3.27. The lowest BCUT2D eigenvalue weighted by atomic mass is 9.80. The number of benzene rings is 2. The van der Waals surface area contributed by atoms with Gasteiger partial charge in [0.25, 0.3) is 0 Å². The van der Waals surface area contributed by atoms with Crippen molar-refractivity contribution in [2.24, 2.45) is 0 Å². The Morgan fingerprint density at radius 1 is 1.05 bits per heavy atom. The van der Waals surface area contributed by atoms with Crippen LogP contribution >= 0.6 is 0 Å². The molecule has 0 aromatic heterocycles. The number of halogens is 3. The Balaban J connectivity index is 1.66. The van der Waals surface area contributed by atoms with Gasteiger partial charge >= 0.3 is 6.98 Å². The van der Waals surface area contributed by atoms with Gasteiger partial charge in [-0.1, -0.05) is 36.4 Å². The van der Waals surface area contributed by atoms with Crippen molar-refractivity contribution in [1.82, 2.24) is 0 Å². The van der Waals surface area contributed by atoms with Crippen molar-refractivity contribution in [3.63, 3.8) is 0 Å². The fraction of sp³-hybridized carbons (Fsp3) is 0.250. The lowest BCUT2D eigenvalue weighted by Gasteiger charge is -2.26. The molecule has 3 rings (SSSR count). The molecule has 1 heterocycles. The zero-order valence-corrected chi connectivity index (χ0v) is 11.8. The third-order valence-electron chi connectivity index (χ3n) is 3.75. The highest BCUT2D eigenvalue weighted by molar-refractivity contribution is 6.73. The Kier molecular flexibility index (Phi) is 4.11. The molecule has 1 aliphatic rings. The van der Waals surface area contributed by atoms with Gasteiger partial charge in [-0.05, 0) is 29.7 Å². The molecule has 0 N–H and O–H groups in total. The number of hydrogen-bond acceptors (Lipinski definition) is 2. The maximum atomic E-state index is 12.6. The number of fused-ring (bicyclic) bond motifs is 1. The summed E-state index contributed by atoms with van der Waals surface area (Å²) in [5.74, 6) is 0.412. The average molecular weight is 307 g/mol. The molecule has 2 aromatic carbocycles. The van der Waals surface area contributed by atoms with Gasteiger partial charge in [-0.2, -0.15) is 0 Å². The predicted molar refractivity (Wildman–Crippen MR) is 79.5 cm³/mol. The van der Waals surface area contributed by atoms with Crippen LogP contribution < -0.4 is 10.2 Å². The maximum absolute atomic E-state index is 12.6. The highest BCUT2D eigenvalue weighted by Gasteiger charge is 2.25. The summed E-state index contributed by atoms with van der Waals surface area (Å²) in [6, 6.07) is 12.8. The molecule has 0 bridgehead atoms. The van der Waals surface area contributed by atoms with E-state index in [2.05, 4.69) is 6.07 Å². The molecule has 2 nitrogen and oxygen atoms in total. The van der Waals surface area contributed by atoms with Crippen LogP contribution in [-0.2, 0) is 11.2 Å². The van der Waals surface area contributed by atoms with E-state index in [1.54, 1.807) is 0 Å². The van der Waals surface area contributed by atoms with E-state index in [4.69, 9.17) is 9.47 Å².